The van der Waals surface area contributed by atoms with E-state index >= 15 is 0 Å². The summed E-state index contributed by atoms with van der Waals surface area (Å²) in [6.07, 6.45) is 4.27. The van der Waals surface area contributed by atoms with Crippen molar-refractivity contribution in [3.63, 3.8) is 0 Å². The van der Waals surface area contributed by atoms with Gasteiger partial charge in [-0.1, -0.05) is 0 Å². The van der Waals surface area contributed by atoms with Gasteiger partial charge in [0.1, 0.15) is 0 Å². The molecule has 1 fully saturated rings. The van der Waals surface area contributed by atoms with Crippen molar-refractivity contribution in [2.75, 3.05) is 6.61 Å². The fourth-order valence-corrected chi connectivity index (χ4v) is 3.17. The lowest BCUT2D eigenvalue weighted by Gasteiger charge is -2.40. The summed E-state index contributed by atoms with van der Waals surface area (Å²) in [5.74, 6) is 5.69. The minimum Gasteiger partial charge on any atom is -0.374 e. The number of hydrogen-bond donors (Lipinski definition) is 2. The zero-order chi connectivity index (χ0) is 12.3. The molecule has 1 saturated heterocycles. The molecule has 2 heterocycles. The normalized spacial score (nSPS) is 27.0. The van der Waals surface area contributed by atoms with Gasteiger partial charge in [-0.15, -0.1) is 11.3 Å². The summed E-state index contributed by atoms with van der Waals surface area (Å²) in [5.41, 5.74) is 3.83. The summed E-state index contributed by atoms with van der Waals surface area (Å²) in [6.45, 7) is 5.01. The Hall–Kier alpha value is -0.490. The Bertz CT molecular complexity index is 360. The molecule has 2 rings (SSSR count). The lowest BCUT2D eigenvalue weighted by molar-refractivity contribution is -0.0884. The van der Waals surface area contributed by atoms with E-state index in [2.05, 4.69) is 22.7 Å². The lowest BCUT2D eigenvalue weighted by Crippen LogP contribution is -2.55. The van der Waals surface area contributed by atoms with Gasteiger partial charge >= 0.3 is 0 Å². The van der Waals surface area contributed by atoms with Crippen LogP contribution < -0.4 is 11.3 Å². The molecule has 0 radical (unpaired) electrons. The topological polar surface area (TPSA) is 60.2 Å². The monoisotopic (exact) mass is 255 g/mol. The van der Waals surface area contributed by atoms with E-state index in [0.29, 0.717) is 0 Å². The van der Waals surface area contributed by atoms with Crippen LogP contribution in [0.3, 0.4) is 0 Å². The van der Waals surface area contributed by atoms with Crippen LogP contribution in [0.2, 0.25) is 0 Å². The maximum absolute atomic E-state index is 5.93. The maximum Gasteiger partial charge on any atom is 0.0945 e. The molecule has 0 saturated carbocycles. The summed E-state index contributed by atoms with van der Waals surface area (Å²) in [4.78, 5) is 4.49. The largest absolute Gasteiger partial charge is 0.374 e. The molecule has 0 bridgehead atoms. The van der Waals surface area contributed by atoms with E-state index in [1.165, 1.54) is 6.42 Å². The first-order valence-electron chi connectivity index (χ1n) is 6.15. The Balaban J connectivity index is 2.05. The van der Waals surface area contributed by atoms with Crippen LogP contribution in [-0.4, -0.2) is 23.2 Å². The molecule has 0 aliphatic carbocycles. The average molecular weight is 255 g/mol. The molecule has 1 aliphatic heterocycles. The SMILES string of the molecule is Cc1csc(CC(NN)C2(C)CCCCO2)n1. The van der Waals surface area contributed by atoms with Gasteiger partial charge < -0.3 is 4.74 Å². The molecule has 2 atom stereocenters. The fourth-order valence-electron chi connectivity index (χ4n) is 2.35. The highest BCUT2D eigenvalue weighted by Gasteiger charge is 2.36. The van der Waals surface area contributed by atoms with Crippen LogP contribution >= 0.6 is 11.3 Å². The zero-order valence-electron chi connectivity index (χ0n) is 10.5. The lowest BCUT2D eigenvalue weighted by atomic mass is 9.87. The average Bonchev–Trinajstić information content (AvgIpc) is 2.72. The van der Waals surface area contributed by atoms with Gasteiger partial charge in [0, 0.05) is 24.1 Å². The molecule has 0 spiro atoms. The van der Waals surface area contributed by atoms with Crippen molar-refractivity contribution in [2.24, 2.45) is 5.84 Å². The van der Waals surface area contributed by atoms with Crippen LogP contribution in [0.15, 0.2) is 5.38 Å². The highest BCUT2D eigenvalue weighted by Crippen LogP contribution is 2.29. The van der Waals surface area contributed by atoms with Crippen molar-refractivity contribution in [3.05, 3.63) is 16.1 Å². The number of nitrogens with zero attached hydrogens (tertiary/aromatic N) is 1. The summed E-state index contributed by atoms with van der Waals surface area (Å²) in [7, 11) is 0. The number of rotatable bonds is 4. The van der Waals surface area contributed by atoms with Crippen LogP contribution in [0.5, 0.6) is 0 Å². The second-order valence-electron chi connectivity index (χ2n) is 4.92. The summed E-state index contributed by atoms with van der Waals surface area (Å²) in [6, 6.07) is 0.133. The molecule has 3 N–H and O–H groups in total. The Morgan fingerprint density at radius 2 is 2.47 bits per heavy atom. The van der Waals surface area contributed by atoms with Crippen molar-refractivity contribution in [1.82, 2.24) is 10.4 Å². The third-order valence-electron chi connectivity index (χ3n) is 3.48. The van der Waals surface area contributed by atoms with Gasteiger partial charge in [0.15, 0.2) is 0 Å². The highest BCUT2D eigenvalue weighted by molar-refractivity contribution is 7.09. The van der Waals surface area contributed by atoms with Gasteiger partial charge in [0.05, 0.1) is 16.7 Å². The Labute approximate surface area is 107 Å². The van der Waals surface area contributed by atoms with Gasteiger partial charge in [0.2, 0.25) is 0 Å². The third-order valence-corrected chi connectivity index (χ3v) is 4.47. The van der Waals surface area contributed by atoms with Crippen molar-refractivity contribution in [3.8, 4) is 0 Å². The number of thiazole rings is 1. The van der Waals surface area contributed by atoms with E-state index in [1.54, 1.807) is 11.3 Å². The first-order valence-corrected chi connectivity index (χ1v) is 7.03. The van der Waals surface area contributed by atoms with E-state index in [9.17, 15) is 0 Å². The second-order valence-corrected chi connectivity index (χ2v) is 5.87. The van der Waals surface area contributed by atoms with Crippen LogP contribution in [0.25, 0.3) is 0 Å². The van der Waals surface area contributed by atoms with Gasteiger partial charge in [-0.05, 0) is 33.1 Å². The molecule has 1 aliphatic rings. The molecule has 4 nitrogen and oxygen atoms in total. The summed E-state index contributed by atoms with van der Waals surface area (Å²) in [5, 5.41) is 3.20. The maximum atomic E-state index is 5.93. The van der Waals surface area contributed by atoms with Crippen LogP contribution in [0.1, 0.15) is 36.9 Å². The molecular formula is C12H21N3OS. The van der Waals surface area contributed by atoms with Crippen molar-refractivity contribution in [2.45, 2.75) is 51.2 Å². The first-order chi connectivity index (χ1) is 8.14. The summed E-state index contributed by atoms with van der Waals surface area (Å²) < 4.78 is 5.93. The number of ether oxygens (including phenoxy) is 1. The van der Waals surface area contributed by atoms with E-state index in [-0.39, 0.29) is 11.6 Å². The number of hydrogen-bond acceptors (Lipinski definition) is 5. The Kier molecular flexibility index (Phi) is 4.14. The predicted octanol–water partition coefficient (Wildman–Crippen LogP) is 1.79. The summed E-state index contributed by atoms with van der Waals surface area (Å²) >= 11 is 1.69. The standard InChI is InChI=1S/C12H21N3OS/c1-9-8-17-11(14-9)7-10(15-13)12(2)5-3-4-6-16-12/h8,10,15H,3-7,13H2,1-2H3. The number of aromatic nitrogens is 1. The fraction of sp³-hybridized carbons (Fsp3) is 0.750. The van der Waals surface area contributed by atoms with Crippen LogP contribution in [0, 0.1) is 6.92 Å². The van der Waals surface area contributed by atoms with E-state index in [1.807, 2.05) is 6.92 Å². The predicted molar refractivity (Wildman–Crippen MR) is 69.9 cm³/mol. The first kappa shape index (κ1) is 13.0. The van der Waals surface area contributed by atoms with Crippen molar-refractivity contribution < 1.29 is 4.74 Å². The van der Waals surface area contributed by atoms with Gasteiger partial charge in [-0.3, -0.25) is 11.3 Å². The van der Waals surface area contributed by atoms with E-state index in [0.717, 1.165) is 36.6 Å². The number of nitrogens with two attached hydrogens (primary N) is 1. The van der Waals surface area contributed by atoms with Crippen molar-refractivity contribution >= 4 is 11.3 Å². The van der Waals surface area contributed by atoms with Crippen LogP contribution in [0.4, 0.5) is 0 Å². The van der Waals surface area contributed by atoms with Crippen molar-refractivity contribution in [1.29, 1.82) is 0 Å². The highest BCUT2D eigenvalue weighted by atomic mass is 32.1. The Morgan fingerprint density at radius 1 is 1.65 bits per heavy atom. The molecule has 96 valence electrons. The molecule has 0 amide bonds. The molecule has 1 aromatic rings. The smallest absolute Gasteiger partial charge is 0.0945 e. The quantitative estimate of drug-likeness (QED) is 0.636. The number of nitrogens with one attached hydrogen (secondary N) is 1. The number of aryl methyl sites for hydroxylation is 1. The minimum atomic E-state index is -0.160. The molecule has 2 unspecified atom stereocenters. The van der Waals surface area contributed by atoms with Gasteiger partial charge in [-0.25, -0.2) is 4.98 Å². The molecule has 5 heteroatoms. The second kappa shape index (κ2) is 5.44. The molecular weight excluding hydrogens is 234 g/mol. The van der Waals surface area contributed by atoms with E-state index in [4.69, 9.17) is 10.6 Å². The van der Waals surface area contributed by atoms with E-state index < -0.39 is 0 Å². The number of hydrazine groups is 1. The molecule has 1 aromatic heterocycles. The molecule has 17 heavy (non-hydrogen) atoms. The van der Waals surface area contributed by atoms with Gasteiger partial charge in [0.25, 0.3) is 0 Å². The zero-order valence-corrected chi connectivity index (χ0v) is 11.3. The molecule has 0 aromatic carbocycles. The Morgan fingerprint density at radius 3 is 3.00 bits per heavy atom. The van der Waals surface area contributed by atoms with Gasteiger partial charge in [-0.2, -0.15) is 0 Å². The third kappa shape index (κ3) is 3.04. The minimum absolute atomic E-state index is 0.133. The van der Waals surface area contributed by atoms with Crippen LogP contribution in [-0.2, 0) is 11.2 Å².